The highest BCUT2D eigenvalue weighted by Crippen LogP contribution is 2.37. The smallest absolute Gasteiger partial charge is 0.245 e. The van der Waals surface area contributed by atoms with Crippen molar-refractivity contribution >= 4 is 109 Å². The second kappa shape index (κ2) is 9.56. The zero-order chi connectivity index (χ0) is 30.6. The molecule has 7 aromatic carbocycles. The molecular formula is C42H27B4N. The number of para-hydroxylation sites is 2. The van der Waals surface area contributed by atoms with Crippen LogP contribution in [0.3, 0.4) is 0 Å². The van der Waals surface area contributed by atoms with Gasteiger partial charge in [0.1, 0.15) is 0 Å². The molecule has 4 aliphatic heterocycles. The molecule has 0 bridgehead atoms. The molecule has 0 fully saturated rings. The Morgan fingerprint density at radius 3 is 1.06 bits per heavy atom. The Labute approximate surface area is 277 Å². The average Bonchev–Trinajstić information content (AvgIpc) is 3.14. The van der Waals surface area contributed by atoms with Crippen LogP contribution in [-0.2, 0) is 0 Å². The Morgan fingerprint density at radius 2 is 0.638 bits per heavy atom. The van der Waals surface area contributed by atoms with Crippen LogP contribution in [0, 0.1) is 0 Å². The fourth-order valence-electron chi connectivity index (χ4n) is 9.68. The third kappa shape index (κ3) is 3.34. The zero-order valence-corrected chi connectivity index (χ0v) is 25.8. The molecule has 47 heavy (non-hydrogen) atoms. The van der Waals surface area contributed by atoms with Crippen LogP contribution >= 0.6 is 0 Å². The molecule has 0 aliphatic carbocycles. The Kier molecular flexibility index (Phi) is 5.24. The summed E-state index contributed by atoms with van der Waals surface area (Å²) in [5.74, 6) is 0. The van der Waals surface area contributed by atoms with Crippen molar-refractivity contribution in [1.82, 2.24) is 0 Å². The van der Waals surface area contributed by atoms with Crippen molar-refractivity contribution < 1.29 is 0 Å². The molecule has 0 aromatic heterocycles. The Bertz CT molecular complexity index is 2220. The molecule has 212 valence electrons. The SMILES string of the molecule is c1ccc(B2c3ccccc3B3c4ccccc4N4c5ccccc5B5c6ccccc6B(c6ccccc6)c6cc2c3c4c65)cc1. The minimum Gasteiger partial charge on any atom is -0.313 e. The van der Waals surface area contributed by atoms with Gasteiger partial charge in [0.05, 0.1) is 0 Å². The first-order chi connectivity index (χ1) is 23.4. The first-order valence-corrected chi connectivity index (χ1v) is 16.8. The molecule has 0 saturated heterocycles. The summed E-state index contributed by atoms with van der Waals surface area (Å²) in [6.07, 6.45) is 0. The first-order valence-electron chi connectivity index (χ1n) is 16.8. The van der Waals surface area contributed by atoms with Crippen LogP contribution in [-0.4, -0.2) is 26.9 Å². The summed E-state index contributed by atoms with van der Waals surface area (Å²) in [5.41, 5.74) is 21.1. The van der Waals surface area contributed by atoms with Crippen LogP contribution in [0.1, 0.15) is 0 Å². The Morgan fingerprint density at radius 1 is 0.298 bits per heavy atom. The summed E-state index contributed by atoms with van der Waals surface area (Å²) in [4.78, 5) is 2.64. The number of anilines is 3. The molecule has 4 aliphatic rings. The number of hydrogen-bond acceptors (Lipinski definition) is 1. The molecule has 5 heteroatoms. The van der Waals surface area contributed by atoms with Gasteiger partial charge in [-0.15, -0.1) is 0 Å². The molecule has 0 radical (unpaired) electrons. The summed E-state index contributed by atoms with van der Waals surface area (Å²) >= 11 is 0. The summed E-state index contributed by atoms with van der Waals surface area (Å²) in [6, 6.07) is 61.9. The topological polar surface area (TPSA) is 3.24 Å². The molecule has 0 spiro atoms. The van der Waals surface area contributed by atoms with Gasteiger partial charge in [0.15, 0.2) is 0 Å². The average molecular weight is 589 g/mol. The van der Waals surface area contributed by atoms with E-state index in [0.717, 1.165) is 0 Å². The van der Waals surface area contributed by atoms with Gasteiger partial charge in [-0.25, -0.2) is 0 Å². The Balaban J connectivity index is 1.35. The molecule has 0 atom stereocenters. The Hall–Kier alpha value is -5.40. The van der Waals surface area contributed by atoms with Gasteiger partial charge in [0.2, 0.25) is 26.9 Å². The maximum absolute atomic E-state index is 2.65. The van der Waals surface area contributed by atoms with Crippen molar-refractivity contribution in [3.05, 3.63) is 164 Å². The highest BCUT2D eigenvalue weighted by molar-refractivity contribution is 7.16. The fourth-order valence-corrected chi connectivity index (χ4v) is 9.68. The van der Waals surface area contributed by atoms with Crippen molar-refractivity contribution in [2.45, 2.75) is 0 Å². The highest BCUT2D eigenvalue weighted by Gasteiger charge is 2.52. The predicted octanol–water partition coefficient (Wildman–Crippen LogP) is 0.475. The van der Waals surface area contributed by atoms with E-state index in [4.69, 9.17) is 0 Å². The lowest BCUT2D eigenvalue weighted by atomic mass is 9.16. The van der Waals surface area contributed by atoms with E-state index < -0.39 is 0 Å². The van der Waals surface area contributed by atoms with Crippen molar-refractivity contribution in [3.8, 4) is 0 Å². The van der Waals surface area contributed by atoms with Gasteiger partial charge in [-0.3, -0.25) is 0 Å². The zero-order valence-electron chi connectivity index (χ0n) is 25.8. The van der Waals surface area contributed by atoms with Crippen molar-refractivity contribution in [1.29, 1.82) is 0 Å². The van der Waals surface area contributed by atoms with Gasteiger partial charge >= 0.3 is 0 Å². The van der Waals surface area contributed by atoms with Gasteiger partial charge < -0.3 is 4.90 Å². The standard InChI is InChI=1S/C42H27B4N/c1-3-15-28(16-4-1)43-30-19-7-9-21-32(30)45-34-23-11-13-25-38(34)47-39-26-14-12-24-35(39)46-33-22-10-8-20-31(33)44(29-17-5-2-6-18-29)37-27-36(43)40(45)42(47)41(37)46/h1-27H. The molecule has 0 unspecified atom stereocenters. The molecule has 11 rings (SSSR count). The summed E-state index contributed by atoms with van der Waals surface area (Å²) in [7, 11) is 0. The maximum atomic E-state index is 2.65. The summed E-state index contributed by atoms with van der Waals surface area (Å²) < 4.78 is 0. The second-order valence-corrected chi connectivity index (χ2v) is 13.5. The molecule has 0 amide bonds. The van der Waals surface area contributed by atoms with Crippen LogP contribution in [0.15, 0.2) is 164 Å². The van der Waals surface area contributed by atoms with E-state index in [1.54, 1.807) is 0 Å². The lowest BCUT2D eigenvalue weighted by Crippen LogP contribution is -2.83. The van der Waals surface area contributed by atoms with E-state index in [2.05, 4.69) is 169 Å². The number of hydrogen-bond donors (Lipinski definition) is 0. The summed E-state index contributed by atoms with van der Waals surface area (Å²) in [6.45, 7) is 0.646. The number of rotatable bonds is 2. The van der Waals surface area contributed by atoms with Gasteiger partial charge in [0.25, 0.3) is 0 Å². The first kappa shape index (κ1) is 25.8. The molecular weight excluding hydrogens is 562 g/mol. The number of nitrogens with zero attached hydrogens (tertiary/aromatic N) is 1. The maximum Gasteiger partial charge on any atom is 0.245 e. The molecule has 1 nitrogen and oxygen atoms in total. The molecule has 0 saturated carbocycles. The second-order valence-electron chi connectivity index (χ2n) is 13.5. The molecule has 4 heterocycles. The predicted molar refractivity (Wildman–Crippen MR) is 206 cm³/mol. The molecule has 7 aromatic rings. The normalized spacial score (nSPS) is 14.2. The minimum atomic E-state index is 0.150. The number of benzene rings is 7. The van der Waals surface area contributed by atoms with Crippen LogP contribution < -0.4 is 70.5 Å². The lowest BCUT2D eigenvalue weighted by molar-refractivity contribution is 1.31. The van der Waals surface area contributed by atoms with Gasteiger partial charge in [-0.05, 0) is 23.1 Å². The van der Waals surface area contributed by atoms with Crippen LogP contribution in [0.2, 0.25) is 0 Å². The van der Waals surface area contributed by atoms with E-state index >= 15 is 0 Å². The third-order valence-corrected chi connectivity index (χ3v) is 11.3. The van der Waals surface area contributed by atoms with Gasteiger partial charge in [-0.1, -0.05) is 206 Å². The van der Waals surface area contributed by atoms with Crippen LogP contribution in [0.25, 0.3) is 0 Å². The van der Waals surface area contributed by atoms with E-state index in [0.29, 0.717) is 0 Å². The van der Waals surface area contributed by atoms with Gasteiger partial charge in [-0.2, -0.15) is 0 Å². The monoisotopic (exact) mass is 589 g/mol. The molecule has 0 N–H and O–H groups in total. The van der Waals surface area contributed by atoms with E-state index in [9.17, 15) is 0 Å². The van der Waals surface area contributed by atoms with E-state index in [1.807, 2.05) is 0 Å². The van der Waals surface area contributed by atoms with Crippen molar-refractivity contribution in [3.63, 3.8) is 0 Å². The van der Waals surface area contributed by atoms with Crippen molar-refractivity contribution in [2.75, 3.05) is 4.90 Å². The summed E-state index contributed by atoms with van der Waals surface area (Å²) in [5, 5.41) is 0. The lowest BCUT2D eigenvalue weighted by Gasteiger charge is -2.49. The van der Waals surface area contributed by atoms with E-state index in [1.165, 1.54) is 82.6 Å². The van der Waals surface area contributed by atoms with Crippen LogP contribution in [0.5, 0.6) is 0 Å². The van der Waals surface area contributed by atoms with Gasteiger partial charge in [0, 0.05) is 17.1 Å². The minimum absolute atomic E-state index is 0.150. The van der Waals surface area contributed by atoms with Crippen LogP contribution in [0.4, 0.5) is 17.1 Å². The fraction of sp³-hybridized carbons (Fsp3) is 0. The number of fused-ring (bicyclic) bond motifs is 10. The quantitative estimate of drug-likeness (QED) is 0.266. The van der Waals surface area contributed by atoms with Crippen molar-refractivity contribution in [2.24, 2.45) is 0 Å². The largest absolute Gasteiger partial charge is 0.313 e. The third-order valence-electron chi connectivity index (χ3n) is 11.3. The van der Waals surface area contributed by atoms with E-state index in [-0.39, 0.29) is 26.9 Å². The highest BCUT2D eigenvalue weighted by atomic mass is 15.2.